The van der Waals surface area contributed by atoms with Crippen molar-refractivity contribution in [3.05, 3.63) is 71.8 Å². The summed E-state index contributed by atoms with van der Waals surface area (Å²) in [7, 11) is 0. The van der Waals surface area contributed by atoms with Gasteiger partial charge in [0.25, 0.3) is 0 Å². The average molecular weight is 367 g/mol. The molecule has 0 radical (unpaired) electrons. The van der Waals surface area contributed by atoms with E-state index in [4.69, 9.17) is 14.5 Å². The Morgan fingerprint density at radius 2 is 1.63 bits per heavy atom. The highest BCUT2D eigenvalue weighted by Crippen LogP contribution is 2.52. The highest BCUT2D eigenvalue weighted by molar-refractivity contribution is 5.71. The second-order valence-electron chi connectivity index (χ2n) is 7.62. The zero-order valence-corrected chi connectivity index (χ0v) is 15.9. The van der Waals surface area contributed by atoms with Crippen LogP contribution >= 0.6 is 0 Å². The number of carbonyl (C=O) groups excluding carboxylic acids is 1. The fraction of sp³-hybridized carbons (Fsp3) is 0.409. The standard InChI is InChI=1S/C22H25NO4/c1-15(2)19-14-25-21(24)23(19)20-22(27-26-20,18-12-8-5-9-13-18)16(3)17-10-6-4-7-11-17/h4-13,15-16,19-20H,14H2,1-3H3/t16?,19-,20?,22?/m1/s1. The van der Waals surface area contributed by atoms with Gasteiger partial charge < -0.3 is 4.74 Å². The lowest BCUT2D eigenvalue weighted by atomic mass is 9.75. The van der Waals surface area contributed by atoms with E-state index >= 15 is 0 Å². The maximum absolute atomic E-state index is 12.6. The summed E-state index contributed by atoms with van der Waals surface area (Å²) in [5.74, 6) is 0.224. The van der Waals surface area contributed by atoms with Crippen LogP contribution in [0.4, 0.5) is 4.79 Å². The third-order valence-corrected chi connectivity index (χ3v) is 5.78. The highest BCUT2D eigenvalue weighted by atomic mass is 17.3. The molecule has 5 nitrogen and oxygen atoms in total. The first-order chi connectivity index (χ1) is 13.1. The second kappa shape index (κ2) is 6.98. The number of rotatable bonds is 5. The van der Waals surface area contributed by atoms with Crippen molar-refractivity contribution in [2.45, 2.75) is 44.6 Å². The Hall–Kier alpha value is -2.37. The molecule has 27 heavy (non-hydrogen) atoms. The number of hydrogen-bond acceptors (Lipinski definition) is 4. The summed E-state index contributed by atoms with van der Waals surface area (Å²) in [4.78, 5) is 25.8. The van der Waals surface area contributed by atoms with Crippen molar-refractivity contribution >= 4 is 6.09 Å². The van der Waals surface area contributed by atoms with Gasteiger partial charge in [0, 0.05) is 5.92 Å². The Labute approximate surface area is 159 Å². The number of nitrogens with zero attached hydrogens (tertiary/aromatic N) is 1. The summed E-state index contributed by atoms with van der Waals surface area (Å²) in [5.41, 5.74) is 1.32. The van der Waals surface area contributed by atoms with Gasteiger partial charge in [-0.05, 0) is 17.0 Å². The summed E-state index contributed by atoms with van der Waals surface area (Å²) < 4.78 is 5.36. The van der Waals surface area contributed by atoms with Crippen LogP contribution in [-0.2, 0) is 20.1 Å². The van der Waals surface area contributed by atoms with E-state index < -0.39 is 11.8 Å². The molecule has 2 aromatic carbocycles. The van der Waals surface area contributed by atoms with Crippen molar-refractivity contribution in [2.24, 2.45) is 5.92 Å². The molecule has 2 saturated heterocycles. The van der Waals surface area contributed by atoms with Crippen LogP contribution in [0, 0.1) is 5.92 Å². The minimum Gasteiger partial charge on any atom is -0.447 e. The third kappa shape index (κ3) is 2.82. The molecule has 3 unspecified atom stereocenters. The van der Waals surface area contributed by atoms with Crippen LogP contribution < -0.4 is 0 Å². The van der Waals surface area contributed by atoms with E-state index in [9.17, 15) is 4.79 Å². The van der Waals surface area contributed by atoms with Gasteiger partial charge in [0.15, 0.2) is 5.60 Å². The SMILES string of the molecule is CC(C)[C@H]1COC(=O)N1C1OOC1(c1ccccc1)C(C)c1ccccc1. The predicted octanol–water partition coefficient (Wildman–Crippen LogP) is 4.45. The number of carbonyl (C=O) groups is 1. The fourth-order valence-corrected chi connectivity index (χ4v) is 4.09. The molecule has 2 fully saturated rings. The molecule has 0 N–H and O–H groups in total. The normalized spacial score (nSPS) is 28.7. The van der Waals surface area contributed by atoms with Gasteiger partial charge in [-0.25, -0.2) is 14.6 Å². The minimum absolute atomic E-state index is 0.0268. The maximum Gasteiger partial charge on any atom is 0.412 e. The minimum atomic E-state index is -0.793. The second-order valence-corrected chi connectivity index (χ2v) is 7.62. The number of ether oxygens (including phenoxy) is 1. The average Bonchev–Trinajstić information content (AvgIpc) is 3.04. The van der Waals surface area contributed by atoms with Crippen LogP contribution in [0.3, 0.4) is 0 Å². The van der Waals surface area contributed by atoms with E-state index in [-0.39, 0.29) is 24.0 Å². The molecule has 0 aromatic heterocycles. The van der Waals surface area contributed by atoms with Crippen LogP contribution in [0.15, 0.2) is 60.7 Å². The smallest absolute Gasteiger partial charge is 0.412 e. The zero-order valence-electron chi connectivity index (χ0n) is 15.9. The van der Waals surface area contributed by atoms with Crippen molar-refractivity contribution in [3.8, 4) is 0 Å². The quantitative estimate of drug-likeness (QED) is 0.733. The van der Waals surface area contributed by atoms with Crippen molar-refractivity contribution in [1.82, 2.24) is 4.90 Å². The first kappa shape index (κ1) is 18.0. The van der Waals surface area contributed by atoms with E-state index in [1.807, 2.05) is 48.5 Å². The largest absolute Gasteiger partial charge is 0.447 e. The molecule has 0 aliphatic carbocycles. The molecule has 0 bridgehead atoms. The predicted molar refractivity (Wildman–Crippen MR) is 101 cm³/mol. The third-order valence-electron chi connectivity index (χ3n) is 5.78. The molecule has 0 saturated carbocycles. The molecule has 142 valence electrons. The van der Waals surface area contributed by atoms with Crippen LogP contribution in [-0.4, -0.2) is 29.9 Å². The van der Waals surface area contributed by atoms with Gasteiger partial charge >= 0.3 is 6.09 Å². The molecule has 2 heterocycles. The molecule has 4 rings (SSSR count). The van der Waals surface area contributed by atoms with Gasteiger partial charge in [0.2, 0.25) is 6.23 Å². The van der Waals surface area contributed by atoms with Gasteiger partial charge in [-0.15, -0.1) is 0 Å². The van der Waals surface area contributed by atoms with E-state index in [2.05, 4.69) is 32.9 Å². The molecule has 1 amide bonds. The van der Waals surface area contributed by atoms with Crippen molar-refractivity contribution < 1.29 is 19.3 Å². The molecular formula is C22H25NO4. The fourth-order valence-electron chi connectivity index (χ4n) is 4.09. The molecule has 2 aliphatic heterocycles. The van der Waals surface area contributed by atoms with Gasteiger partial charge in [0.05, 0.1) is 6.04 Å². The number of amides is 1. The topological polar surface area (TPSA) is 48.0 Å². The van der Waals surface area contributed by atoms with Gasteiger partial charge in [-0.1, -0.05) is 81.4 Å². The Kier molecular flexibility index (Phi) is 4.66. The monoisotopic (exact) mass is 367 g/mol. The van der Waals surface area contributed by atoms with E-state index in [0.717, 1.165) is 11.1 Å². The first-order valence-corrected chi connectivity index (χ1v) is 9.45. The highest BCUT2D eigenvalue weighted by Gasteiger charge is 2.63. The molecule has 0 spiro atoms. The Morgan fingerprint density at radius 3 is 2.19 bits per heavy atom. The lowest BCUT2D eigenvalue weighted by molar-refractivity contribution is -0.546. The number of cyclic esters (lactones) is 1. The summed E-state index contributed by atoms with van der Waals surface area (Å²) in [6.45, 7) is 6.67. The summed E-state index contributed by atoms with van der Waals surface area (Å²) in [5, 5.41) is 0. The van der Waals surface area contributed by atoms with Gasteiger partial charge in [0.1, 0.15) is 6.61 Å². The van der Waals surface area contributed by atoms with Crippen molar-refractivity contribution in [3.63, 3.8) is 0 Å². The van der Waals surface area contributed by atoms with E-state index in [1.54, 1.807) is 4.90 Å². The van der Waals surface area contributed by atoms with E-state index in [1.165, 1.54) is 0 Å². The summed E-state index contributed by atoms with van der Waals surface area (Å²) >= 11 is 0. The Balaban J connectivity index is 1.79. The van der Waals surface area contributed by atoms with Crippen molar-refractivity contribution in [1.29, 1.82) is 0 Å². The van der Waals surface area contributed by atoms with Crippen LogP contribution in [0.1, 0.15) is 37.8 Å². The maximum atomic E-state index is 12.6. The lowest BCUT2D eigenvalue weighted by Crippen LogP contribution is -2.66. The summed E-state index contributed by atoms with van der Waals surface area (Å²) in [6, 6.07) is 20.1. The van der Waals surface area contributed by atoms with Crippen molar-refractivity contribution in [2.75, 3.05) is 6.61 Å². The van der Waals surface area contributed by atoms with Crippen LogP contribution in [0.25, 0.3) is 0 Å². The Morgan fingerprint density at radius 1 is 1.00 bits per heavy atom. The number of benzene rings is 2. The lowest BCUT2D eigenvalue weighted by Gasteiger charge is -2.54. The van der Waals surface area contributed by atoms with Gasteiger partial charge in [-0.2, -0.15) is 0 Å². The number of hydrogen-bond donors (Lipinski definition) is 0. The van der Waals surface area contributed by atoms with E-state index in [0.29, 0.717) is 6.61 Å². The molecule has 4 atom stereocenters. The van der Waals surface area contributed by atoms with Crippen LogP contribution in [0.5, 0.6) is 0 Å². The molecule has 2 aromatic rings. The molecule has 5 heteroatoms. The summed E-state index contributed by atoms with van der Waals surface area (Å²) in [6.07, 6.45) is -0.889. The van der Waals surface area contributed by atoms with Gasteiger partial charge in [-0.3, -0.25) is 4.90 Å². The zero-order chi connectivity index (χ0) is 19.0. The first-order valence-electron chi connectivity index (χ1n) is 9.45. The Bertz CT molecular complexity index is 794. The van der Waals surface area contributed by atoms with Crippen LogP contribution in [0.2, 0.25) is 0 Å². The molecule has 2 aliphatic rings. The molecular weight excluding hydrogens is 342 g/mol.